The van der Waals surface area contributed by atoms with E-state index in [4.69, 9.17) is 0 Å². The first kappa shape index (κ1) is 11.0. The number of alkyl halides is 1. The molecule has 0 aliphatic heterocycles. The molecule has 0 aromatic rings. The maximum Gasteiger partial charge on any atom is 0.0108 e. The van der Waals surface area contributed by atoms with Gasteiger partial charge >= 0.3 is 76.2 Å². The molecule has 0 unspecified atom stereocenters. The summed E-state index contributed by atoms with van der Waals surface area (Å²) in [7, 11) is 0. The molecule has 2 rings (SSSR count). The molecule has 0 nitrogen and oxygen atoms in total. The molecular weight excluding hydrogens is 215 g/mol. The second kappa shape index (κ2) is 6.42. The van der Waals surface area contributed by atoms with Crippen molar-refractivity contribution in [2.24, 2.45) is 0 Å². The van der Waals surface area contributed by atoms with E-state index in [1.807, 2.05) is 0 Å². The maximum atomic E-state index is 4.64. The monoisotopic (exact) mass is 228 g/mol. The first-order chi connectivity index (χ1) is 6.45. The van der Waals surface area contributed by atoms with Gasteiger partial charge < -0.3 is 0 Å². The number of halogens is 1. The molecule has 2 aliphatic carbocycles. The van der Waals surface area contributed by atoms with Crippen LogP contribution in [0.25, 0.3) is 0 Å². The molecular formula is C11H13ClTi. The molecule has 0 radical (unpaired) electrons. The molecule has 0 atom stereocenters. The van der Waals surface area contributed by atoms with Crippen molar-refractivity contribution in [3.8, 4) is 0 Å². The molecule has 2 heteroatoms. The number of hydrogen-bond donors (Lipinski definition) is 0. The van der Waals surface area contributed by atoms with E-state index in [1.165, 1.54) is 19.2 Å². The molecule has 0 N–H and O–H groups in total. The molecule has 2 aliphatic rings. The van der Waals surface area contributed by atoms with Gasteiger partial charge in [0.25, 0.3) is 0 Å². The van der Waals surface area contributed by atoms with Gasteiger partial charge in [-0.2, -0.15) is 0 Å². The number of allylic oxidation sites excluding steroid dienone is 8. The molecule has 0 aromatic heterocycles. The zero-order chi connectivity index (χ0) is 9.52. The maximum absolute atomic E-state index is 4.64. The average molecular weight is 229 g/mol. The summed E-state index contributed by atoms with van der Waals surface area (Å²) in [5.41, 5.74) is 0. The van der Waals surface area contributed by atoms with Gasteiger partial charge in [-0.3, -0.25) is 0 Å². The van der Waals surface area contributed by atoms with Crippen molar-refractivity contribution in [2.75, 3.05) is 6.38 Å². The molecule has 13 heavy (non-hydrogen) atoms. The summed E-state index contributed by atoms with van der Waals surface area (Å²) in [6.07, 6.45) is 17.4. The number of hydrogen-bond acceptors (Lipinski definition) is 0. The van der Waals surface area contributed by atoms with E-state index >= 15 is 0 Å². The minimum atomic E-state index is 0.0833. The standard InChI is InChI=1S/2C5H5.CH3Cl.Ti/c2*1-2-4-5-3-1;1-2;/h2*1-3H,4H2;1H3;. The van der Waals surface area contributed by atoms with Gasteiger partial charge in [-0.25, -0.2) is 0 Å². The molecule has 0 saturated heterocycles. The van der Waals surface area contributed by atoms with Crippen LogP contribution in [0.15, 0.2) is 44.2 Å². The van der Waals surface area contributed by atoms with Crippen LogP contribution in [0.2, 0.25) is 0 Å². The van der Waals surface area contributed by atoms with Crippen molar-refractivity contribution >= 4 is 11.6 Å². The Balaban J connectivity index is 0.000000396. The fourth-order valence-electron chi connectivity index (χ4n) is 1.29. The Morgan fingerprint density at radius 3 is 1.77 bits per heavy atom. The van der Waals surface area contributed by atoms with Crippen LogP contribution in [-0.4, -0.2) is 6.38 Å². The first-order valence-corrected chi connectivity index (χ1v) is 6.63. The minimum Gasteiger partial charge on any atom is -0.130 e. The summed E-state index contributed by atoms with van der Waals surface area (Å²) in [6.45, 7) is 0. The molecule has 0 saturated carbocycles. The van der Waals surface area contributed by atoms with Gasteiger partial charge in [0, 0.05) is 6.38 Å². The molecule has 0 bridgehead atoms. The summed E-state index contributed by atoms with van der Waals surface area (Å²) in [5.74, 6) is 0. The van der Waals surface area contributed by atoms with Crippen molar-refractivity contribution < 1.29 is 19.2 Å². The Kier molecular flexibility index (Phi) is 5.46. The normalized spacial score (nSPS) is 17.7. The Hall–Kier alpha value is -0.0357. The molecule has 0 amide bonds. The minimum absolute atomic E-state index is 0.0833. The van der Waals surface area contributed by atoms with Gasteiger partial charge in [0.1, 0.15) is 0 Å². The summed E-state index contributed by atoms with van der Waals surface area (Å²) >= 11 is 4.72. The SMILES string of the molecule is C1=CC[C]([Ti][C]2=CC=CC2)=C1.CCl. The average Bonchev–Trinajstić information content (AvgIpc) is 2.81. The van der Waals surface area contributed by atoms with Crippen molar-refractivity contribution in [3.05, 3.63) is 44.2 Å². The van der Waals surface area contributed by atoms with Crippen molar-refractivity contribution in [1.82, 2.24) is 0 Å². The molecule has 0 aromatic carbocycles. The Bertz CT molecular complexity index is 244. The molecule has 68 valence electrons. The predicted molar refractivity (Wildman–Crippen MR) is 55.5 cm³/mol. The van der Waals surface area contributed by atoms with E-state index in [-0.39, 0.29) is 19.2 Å². The molecule has 0 heterocycles. The van der Waals surface area contributed by atoms with Crippen LogP contribution < -0.4 is 0 Å². The third-order valence-electron chi connectivity index (χ3n) is 1.86. The predicted octanol–water partition coefficient (Wildman–Crippen LogP) is 3.61. The summed E-state index contributed by atoms with van der Waals surface area (Å²) in [5, 5.41) is 0. The Morgan fingerprint density at radius 2 is 1.46 bits per heavy atom. The Labute approximate surface area is 94.0 Å². The van der Waals surface area contributed by atoms with Crippen molar-refractivity contribution in [2.45, 2.75) is 12.8 Å². The fourth-order valence-corrected chi connectivity index (χ4v) is 3.18. The van der Waals surface area contributed by atoms with E-state index in [1.54, 1.807) is 7.76 Å². The zero-order valence-electron chi connectivity index (χ0n) is 7.76. The van der Waals surface area contributed by atoms with Crippen molar-refractivity contribution in [1.29, 1.82) is 0 Å². The van der Waals surface area contributed by atoms with E-state index in [0.29, 0.717) is 0 Å². The Morgan fingerprint density at radius 1 is 1.00 bits per heavy atom. The van der Waals surface area contributed by atoms with Gasteiger partial charge in [-0.1, -0.05) is 0 Å². The van der Waals surface area contributed by atoms with Crippen LogP contribution in [0.3, 0.4) is 0 Å². The van der Waals surface area contributed by atoms with Gasteiger partial charge in [-0.05, 0) is 0 Å². The molecule has 0 fully saturated rings. The van der Waals surface area contributed by atoms with Crippen LogP contribution in [-0.2, 0) is 19.2 Å². The van der Waals surface area contributed by atoms with Gasteiger partial charge in [0.05, 0.1) is 0 Å². The van der Waals surface area contributed by atoms with Crippen molar-refractivity contribution in [3.63, 3.8) is 0 Å². The second-order valence-electron chi connectivity index (χ2n) is 2.77. The van der Waals surface area contributed by atoms with Crippen LogP contribution in [0, 0.1) is 0 Å². The van der Waals surface area contributed by atoms with Crippen LogP contribution in [0.1, 0.15) is 12.8 Å². The second-order valence-corrected chi connectivity index (χ2v) is 5.17. The van der Waals surface area contributed by atoms with Gasteiger partial charge in [0.2, 0.25) is 0 Å². The van der Waals surface area contributed by atoms with Crippen LogP contribution in [0.5, 0.6) is 0 Å². The zero-order valence-corrected chi connectivity index (χ0v) is 10.1. The summed E-state index contributed by atoms with van der Waals surface area (Å²) < 4.78 is 3.36. The summed E-state index contributed by atoms with van der Waals surface area (Å²) in [4.78, 5) is 0. The first-order valence-electron chi connectivity index (χ1n) is 4.31. The van der Waals surface area contributed by atoms with E-state index in [2.05, 4.69) is 48.1 Å². The molecule has 0 spiro atoms. The van der Waals surface area contributed by atoms with E-state index < -0.39 is 0 Å². The van der Waals surface area contributed by atoms with Gasteiger partial charge in [-0.15, -0.1) is 11.6 Å². The third-order valence-corrected chi connectivity index (χ3v) is 4.02. The van der Waals surface area contributed by atoms with Crippen LogP contribution >= 0.6 is 11.6 Å². The van der Waals surface area contributed by atoms with E-state index in [0.717, 1.165) is 0 Å². The quantitative estimate of drug-likeness (QED) is 0.500. The third kappa shape index (κ3) is 3.68. The topological polar surface area (TPSA) is 0 Å². The fraction of sp³-hybridized carbons (Fsp3) is 0.273. The summed E-state index contributed by atoms with van der Waals surface area (Å²) in [6, 6.07) is 0. The smallest absolute Gasteiger partial charge is 0.0108 e. The largest absolute Gasteiger partial charge is 0.130 e. The number of rotatable bonds is 2. The van der Waals surface area contributed by atoms with Gasteiger partial charge in [0.15, 0.2) is 0 Å². The van der Waals surface area contributed by atoms with E-state index in [9.17, 15) is 0 Å². The van der Waals surface area contributed by atoms with Crippen LogP contribution in [0.4, 0.5) is 0 Å².